The molecule has 1 heterocycles. The van der Waals surface area contributed by atoms with Crippen molar-refractivity contribution in [1.29, 1.82) is 0 Å². The number of likely N-dealkylation sites (tertiary alicyclic amines) is 1. The number of hydrogen-bond donors (Lipinski definition) is 1. The predicted molar refractivity (Wildman–Crippen MR) is 46.0 cm³/mol. The summed E-state index contributed by atoms with van der Waals surface area (Å²) in [6.45, 7) is 1.16. The Bertz CT molecular complexity index is 281. The van der Waals surface area contributed by atoms with Crippen LogP contribution in [0.4, 0.5) is 0 Å². The van der Waals surface area contributed by atoms with Crippen molar-refractivity contribution in [3.8, 4) is 0 Å². The van der Waals surface area contributed by atoms with E-state index in [1.54, 1.807) is 0 Å². The molecule has 0 aromatic heterocycles. The van der Waals surface area contributed by atoms with Crippen molar-refractivity contribution in [2.24, 2.45) is 0 Å². The molecule has 7 heteroatoms. The van der Waals surface area contributed by atoms with Gasteiger partial charge in [-0.3, -0.25) is 0 Å². The first-order chi connectivity index (χ1) is 5.85. The molecule has 0 aliphatic carbocycles. The average Bonchev–Trinajstić information content (AvgIpc) is 2.13. The fraction of sp³-hybridized carbons (Fsp3) is 1.00. The first kappa shape index (κ1) is 14.8. The Balaban J connectivity index is 0.00000169. The zero-order valence-corrected chi connectivity index (χ0v) is 11.4. The van der Waals surface area contributed by atoms with Crippen molar-refractivity contribution in [3.05, 3.63) is 0 Å². The van der Waals surface area contributed by atoms with E-state index in [0.717, 1.165) is 6.54 Å². The summed E-state index contributed by atoms with van der Waals surface area (Å²) in [5, 5.41) is 9.58. The number of rotatable bonds is 1. The van der Waals surface area contributed by atoms with Gasteiger partial charge in [0.2, 0.25) is 0 Å². The molecule has 0 aromatic carbocycles. The van der Waals surface area contributed by atoms with Gasteiger partial charge in [0, 0.05) is 13.0 Å². The van der Waals surface area contributed by atoms with E-state index in [4.69, 9.17) is 0 Å². The van der Waals surface area contributed by atoms with E-state index in [1.807, 2.05) is 11.9 Å². The Morgan fingerprint density at radius 3 is 2.43 bits per heavy atom. The Morgan fingerprint density at radius 1 is 1.36 bits per heavy atom. The molecule has 1 atom stereocenters. The molecular weight excluding hydrogens is 217 g/mol. The Labute approximate surface area is 107 Å². The van der Waals surface area contributed by atoms with Crippen LogP contribution in [0.1, 0.15) is 19.3 Å². The van der Waals surface area contributed by atoms with Gasteiger partial charge in [-0.05, 0) is 26.4 Å². The maximum atomic E-state index is 10.7. The van der Waals surface area contributed by atoms with Crippen molar-refractivity contribution >= 4 is 10.1 Å². The van der Waals surface area contributed by atoms with Crippen molar-refractivity contribution in [1.82, 2.24) is 4.90 Å². The van der Waals surface area contributed by atoms with Crippen LogP contribution in [-0.4, -0.2) is 48.0 Å². The third-order valence-corrected chi connectivity index (χ3v) is 3.80. The molecule has 5 nitrogen and oxygen atoms in total. The molecular formula is C7H14NNaO4S. The second kappa shape index (κ2) is 5.25. The monoisotopic (exact) mass is 231 g/mol. The van der Waals surface area contributed by atoms with Gasteiger partial charge in [0.05, 0.1) is 0 Å². The molecule has 1 N–H and O–H groups in total. The van der Waals surface area contributed by atoms with Crippen LogP contribution >= 0.6 is 0 Å². The van der Waals surface area contributed by atoms with Crippen LogP contribution in [0.3, 0.4) is 0 Å². The molecule has 0 saturated carbocycles. The van der Waals surface area contributed by atoms with Gasteiger partial charge in [-0.2, -0.15) is 0 Å². The van der Waals surface area contributed by atoms with Crippen LogP contribution in [-0.2, 0) is 10.1 Å². The maximum Gasteiger partial charge on any atom is 1.00 e. The van der Waals surface area contributed by atoms with E-state index in [-0.39, 0.29) is 42.4 Å². The zero-order valence-electron chi connectivity index (χ0n) is 8.56. The summed E-state index contributed by atoms with van der Waals surface area (Å²) >= 11 is 0. The summed E-state index contributed by atoms with van der Waals surface area (Å²) in [6.07, 6.45) is 0.590. The molecule has 0 amide bonds. The Hall–Kier alpha value is 0.830. The van der Waals surface area contributed by atoms with Crippen LogP contribution < -0.4 is 29.6 Å². The first-order valence-electron chi connectivity index (χ1n) is 4.21. The van der Waals surface area contributed by atoms with Gasteiger partial charge in [0.15, 0.2) is 4.93 Å². The average molecular weight is 231 g/mol. The predicted octanol–water partition coefficient (Wildman–Crippen LogP) is -3.66. The van der Waals surface area contributed by atoms with Crippen LogP contribution in [0.5, 0.6) is 0 Å². The normalized spacial score (nSPS) is 30.5. The quantitative estimate of drug-likeness (QED) is 0.372. The van der Waals surface area contributed by atoms with E-state index in [9.17, 15) is 18.1 Å². The molecule has 0 bridgehead atoms. The topological polar surface area (TPSA) is 80.7 Å². The van der Waals surface area contributed by atoms with Gasteiger partial charge in [-0.1, -0.05) is 0 Å². The van der Waals surface area contributed by atoms with E-state index >= 15 is 0 Å². The minimum Gasteiger partial charge on any atom is -0.746 e. The minimum absolute atomic E-state index is 0. The number of hydrogen-bond acceptors (Lipinski definition) is 5. The van der Waals surface area contributed by atoms with Crippen molar-refractivity contribution in [2.45, 2.75) is 24.2 Å². The van der Waals surface area contributed by atoms with E-state index in [0.29, 0.717) is 13.0 Å². The van der Waals surface area contributed by atoms with E-state index in [1.165, 1.54) is 0 Å². The van der Waals surface area contributed by atoms with Crippen LogP contribution in [0.25, 0.3) is 0 Å². The van der Waals surface area contributed by atoms with Crippen molar-refractivity contribution < 1.29 is 47.6 Å². The number of nitrogens with zero attached hydrogens (tertiary/aromatic N) is 1. The number of aliphatic hydroxyl groups is 1. The van der Waals surface area contributed by atoms with E-state index in [2.05, 4.69) is 0 Å². The Kier molecular flexibility index (Phi) is 5.56. The smallest absolute Gasteiger partial charge is 0.746 e. The standard InChI is InChI=1S/C7H15NO4S.Na/c1-8-5-2-3-7(9,4-6-8)13(10,11)12;/h9H,2-6H2,1H3,(H,10,11,12);/q;+1/p-1. The Morgan fingerprint density at radius 2 is 1.93 bits per heavy atom. The SMILES string of the molecule is CN1CCCC(O)(S(=O)(=O)[O-])CC1.[Na+]. The maximum absolute atomic E-state index is 10.7. The van der Waals surface area contributed by atoms with Crippen molar-refractivity contribution in [3.63, 3.8) is 0 Å². The fourth-order valence-electron chi connectivity index (χ4n) is 1.48. The van der Waals surface area contributed by atoms with E-state index < -0.39 is 15.1 Å². The van der Waals surface area contributed by atoms with Gasteiger partial charge in [-0.15, -0.1) is 0 Å². The summed E-state index contributed by atoms with van der Waals surface area (Å²) in [7, 11) is -2.76. The fourth-order valence-corrected chi connectivity index (χ4v) is 2.21. The van der Waals surface area contributed by atoms with Gasteiger partial charge in [0.1, 0.15) is 10.1 Å². The third-order valence-electron chi connectivity index (χ3n) is 2.46. The third kappa shape index (κ3) is 3.44. The summed E-state index contributed by atoms with van der Waals surface area (Å²) in [5.74, 6) is 0. The second-order valence-electron chi connectivity index (χ2n) is 3.56. The summed E-state index contributed by atoms with van der Waals surface area (Å²) in [4.78, 5) is -0.138. The molecule has 1 unspecified atom stereocenters. The molecule has 1 fully saturated rings. The van der Waals surface area contributed by atoms with Gasteiger partial charge >= 0.3 is 29.6 Å². The summed E-state index contributed by atoms with van der Waals surface area (Å²) in [6, 6.07) is 0. The molecule has 0 spiro atoms. The summed E-state index contributed by atoms with van der Waals surface area (Å²) in [5.41, 5.74) is 0. The molecule has 0 radical (unpaired) electrons. The minimum atomic E-state index is -4.59. The molecule has 14 heavy (non-hydrogen) atoms. The largest absolute Gasteiger partial charge is 1.00 e. The van der Waals surface area contributed by atoms with Crippen LogP contribution in [0.15, 0.2) is 0 Å². The van der Waals surface area contributed by atoms with Gasteiger partial charge in [-0.25, -0.2) is 8.42 Å². The molecule has 1 saturated heterocycles. The first-order valence-corrected chi connectivity index (χ1v) is 5.62. The molecule has 1 aliphatic rings. The second-order valence-corrected chi connectivity index (χ2v) is 5.23. The molecule has 1 aliphatic heterocycles. The molecule has 78 valence electrons. The van der Waals surface area contributed by atoms with Gasteiger partial charge < -0.3 is 14.6 Å². The summed E-state index contributed by atoms with van der Waals surface area (Å²) < 4.78 is 32.2. The van der Waals surface area contributed by atoms with Crippen LogP contribution in [0.2, 0.25) is 0 Å². The van der Waals surface area contributed by atoms with Crippen molar-refractivity contribution in [2.75, 3.05) is 20.1 Å². The zero-order chi connectivity index (χ0) is 10.1. The van der Waals surface area contributed by atoms with Gasteiger partial charge in [0.25, 0.3) is 0 Å². The molecule has 0 aromatic rings. The molecule has 1 rings (SSSR count). The van der Waals surface area contributed by atoms with Crippen LogP contribution in [0, 0.1) is 0 Å².